The van der Waals surface area contributed by atoms with E-state index in [2.05, 4.69) is 36.4 Å². The Morgan fingerprint density at radius 1 is 1.00 bits per heavy atom. The molecule has 4 rings (SSSR count). The number of hydrogen-bond acceptors (Lipinski definition) is 4. The summed E-state index contributed by atoms with van der Waals surface area (Å²) in [5.41, 5.74) is 0.343. The Morgan fingerprint density at radius 3 is 2.05 bits per heavy atom. The molecule has 4 nitrogen and oxygen atoms in total. The van der Waals surface area contributed by atoms with Crippen molar-refractivity contribution in [1.29, 1.82) is 21.0 Å². The minimum Gasteiger partial charge on any atom is -0.198 e. The summed E-state index contributed by atoms with van der Waals surface area (Å²) in [5, 5.41) is 35.1. The van der Waals surface area contributed by atoms with Gasteiger partial charge in [-0.15, -0.1) is 0 Å². The summed E-state index contributed by atoms with van der Waals surface area (Å²) < 4.78 is 0. The van der Waals surface area contributed by atoms with Crippen molar-refractivity contribution >= 4 is 0 Å². The molecule has 0 heterocycles. The minimum atomic E-state index is -0.376. The van der Waals surface area contributed by atoms with Crippen LogP contribution in [0.3, 0.4) is 0 Å². The summed E-state index contributed by atoms with van der Waals surface area (Å²) >= 11 is 0. The average Bonchev–Trinajstić information content (AvgIpc) is 3.32. The monoisotopic (exact) mass is 288 g/mol. The van der Waals surface area contributed by atoms with Crippen LogP contribution in [0.4, 0.5) is 0 Å². The lowest BCUT2D eigenvalue weighted by Crippen LogP contribution is -2.15. The van der Waals surface area contributed by atoms with Crippen LogP contribution in [0.2, 0.25) is 0 Å². The van der Waals surface area contributed by atoms with E-state index in [9.17, 15) is 0 Å². The maximum Gasteiger partial charge on any atom is 0.0960 e. The Hall–Kier alpha value is -2.56. The molecule has 0 N–H and O–H groups in total. The zero-order chi connectivity index (χ0) is 15.7. The molecule has 2 fully saturated rings. The Balaban J connectivity index is 0.000000131. The Bertz CT molecular complexity index is 677. The van der Waals surface area contributed by atoms with Crippen LogP contribution in [-0.2, 0) is 0 Å². The van der Waals surface area contributed by atoms with Crippen molar-refractivity contribution in [3.63, 3.8) is 0 Å². The second-order valence-corrected chi connectivity index (χ2v) is 6.65. The van der Waals surface area contributed by atoms with Crippen molar-refractivity contribution < 1.29 is 0 Å². The standard InChI is InChI=1S/2C9H8N2/c10-5-8-3-7-1-2-9(8,4-7)6-11;10-4-8-6-1-2-7(3-6)9(8)5-11/h3,7H,1-2,4H2;1-2,6-9H,3H2. The number of nitriles is 4. The van der Waals surface area contributed by atoms with Gasteiger partial charge in [0.15, 0.2) is 0 Å². The molecule has 108 valence electrons. The normalized spacial score (nSPS) is 42.4. The van der Waals surface area contributed by atoms with E-state index in [0.29, 0.717) is 17.8 Å². The first-order chi connectivity index (χ1) is 10.7. The minimum absolute atomic E-state index is 0.0324. The van der Waals surface area contributed by atoms with E-state index in [1.807, 2.05) is 6.08 Å². The van der Waals surface area contributed by atoms with E-state index in [0.717, 1.165) is 31.3 Å². The fraction of sp³-hybridized carbons (Fsp3) is 0.556. The lowest BCUT2D eigenvalue weighted by molar-refractivity contribution is 0.468. The first kappa shape index (κ1) is 14.4. The molecule has 4 bridgehead atoms. The first-order valence-corrected chi connectivity index (χ1v) is 7.68. The van der Waals surface area contributed by atoms with Crippen molar-refractivity contribution in [2.45, 2.75) is 25.7 Å². The van der Waals surface area contributed by atoms with Gasteiger partial charge in [-0.05, 0) is 43.4 Å². The van der Waals surface area contributed by atoms with Crippen LogP contribution in [0.5, 0.6) is 0 Å². The molecular formula is C18H16N4. The van der Waals surface area contributed by atoms with Crippen LogP contribution in [0.15, 0.2) is 23.8 Å². The zero-order valence-corrected chi connectivity index (χ0v) is 12.2. The van der Waals surface area contributed by atoms with E-state index in [4.69, 9.17) is 21.0 Å². The molecule has 0 aromatic heterocycles. The molecule has 2 saturated carbocycles. The van der Waals surface area contributed by atoms with Crippen LogP contribution in [-0.4, -0.2) is 0 Å². The van der Waals surface area contributed by atoms with Crippen molar-refractivity contribution in [2.24, 2.45) is 35.0 Å². The molecule has 6 unspecified atom stereocenters. The third kappa shape index (κ3) is 2.01. The highest BCUT2D eigenvalue weighted by Gasteiger charge is 2.47. The molecule has 4 heteroatoms. The summed E-state index contributed by atoms with van der Waals surface area (Å²) in [4.78, 5) is 0. The molecule has 0 spiro atoms. The van der Waals surface area contributed by atoms with E-state index in [1.54, 1.807) is 0 Å². The van der Waals surface area contributed by atoms with Gasteiger partial charge in [-0.3, -0.25) is 0 Å². The van der Waals surface area contributed by atoms with Gasteiger partial charge < -0.3 is 0 Å². The quantitative estimate of drug-likeness (QED) is 0.639. The molecule has 22 heavy (non-hydrogen) atoms. The summed E-state index contributed by atoms with van der Waals surface area (Å²) in [7, 11) is 0. The molecule has 4 aliphatic carbocycles. The van der Waals surface area contributed by atoms with Gasteiger partial charge >= 0.3 is 0 Å². The molecule has 0 radical (unpaired) electrons. The third-order valence-electron chi connectivity index (χ3n) is 5.56. The molecule has 0 saturated heterocycles. The number of rotatable bonds is 0. The molecule has 0 aliphatic heterocycles. The number of fused-ring (bicyclic) bond motifs is 4. The molecule has 4 aliphatic rings. The van der Waals surface area contributed by atoms with Crippen LogP contribution in [0, 0.1) is 80.3 Å². The average molecular weight is 288 g/mol. The van der Waals surface area contributed by atoms with E-state index < -0.39 is 0 Å². The summed E-state index contributed by atoms with van der Waals surface area (Å²) in [5.74, 6) is 1.19. The summed E-state index contributed by atoms with van der Waals surface area (Å²) in [6.07, 6.45) is 10.1. The van der Waals surface area contributed by atoms with E-state index >= 15 is 0 Å². The molecule has 6 atom stereocenters. The number of hydrogen-bond donors (Lipinski definition) is 0. The molecular weight excluding hydrogens is 272 g/mol. The summed E-state index contributed by atoms with van der Waals surface area (Å²) in [6.45, 7) is 0. The van der Waals surface area contributed by atoms with E-state index in [-0.39, 0.29) is 17.3 Å². The predicted molar refractivity (Wildman–Crippen MR) is 78.0 cm³/mol. The highest BCUT2D eigenvalue weighted by Crippen LogP contribution is 2.53. The first-order valence-electron chi connectivity index (χ1n) is 7.68. The molecule has 0 amide bonds. The highest BCUT2D eigenvalue weighted by atomic mass is 14.5. The molecule has 0 aromatic rings. The van der Waals surface area contributed by atoms with Crippen molar-refractivity contribution in [1.82, 2.24) is 0 Å². The fourth-order valence-electron chi connectivity index (χ4n) is 4.35. The topological polar surface area (TPSA) is 95.2 Å². The van der Waals surface area contributed by atoms with Gasteiger partial charge in [-0.25, -0.2) is 0 Å². The smallest absolute Gasteiger partial charge is 0.0960 e. The van der Waals surface area contributed by atoms with Gasteiger partial charge in [-0.2, -0.15) is 21.0 Å². The van der Waals surface area contributed by atoms with Gasteiger partial charge in [0.05, 0.1) is 41.5 Å². The van der Waals surface area contributed by atoms with Gasteiger partial charge in [0.25, 0.3) is 0 Å². The number of nitrogens with zero attached hydrogens (tertiary/aromatic N) is 4. The van der Waals surface area contributed by atoms with E-state index in [1.165, 1.54) is 0 Å². The van der Waals surface area contributed by atoms with Crippen LogP contribution < -0.4 is 0 Å². The predicted octanol–water partition coefficient (Wildman–Crippen LogP) is 3.23. The third-order valence-corrected chi connectivity index (χ3v) is 5.56. The van der Waals surface area contributed by atoms with Gasteiger partial charge in [0.2, 0.25) is 0 Å². The van der Waals surface area contributed by atoms with Crippen LogP contribution >= 0.6 is 0 Å². The van der Waals surface area contributed by atoms with Crippen molar-refractivity contribution in [3.05, 3.63) is 23.8 Å². The maximum absolute atomic E-state index is 8.90. The fourth-order valence-corrected chi connectivity index (χ4v) is 4.35. The van der Waals surface area contributed by atoms with Crippen LogP contribution in [0.25, 0.3) is 0 Å². The zero-order valence-electron chi connectivity index (χ0n) is 12.2. The lowest BCUT2D eigenvalue weighted by atomic mass is 9.83. The van der Waals surface area contributed by atoms with Gasteiger partial charge in [-0.1, -0.05) is 18.2 Å². The molecule has 0 aromatic carbocycles. The van der Waals surface area contributed by atoms with Gasteiger partial charge in [0, 0.05) is 5.57 Å². The SMILES string of the molecule is N#CC1=CC2CCC1(C#N)C2.N#CC1C2C=CC(C2)C1C#N. The van der Waals surface area contributed by atoms with Crippen LogP contribution in [0.1, 0.15) is 25.7 Å². The Labute approximate surface area is 130 Å². The summed E-state index contributed by atoms with van der Waals surface area (Å²) in [6, 6.07) is 8.85. The maximum atomic E-state index is 8.90. The largest absolute Gasteiger partial charge is 0.198 e. The highest BCUT2D eigenvalue weighted by molar-refractivity contribution is 5.42. The number of allylic oxidation sites excluding steroid dienone is 4. The second-order valence-electron chi connectivity index (χ2n) is 6.65. The van der Waals surface area contributed by atoms with Crippen molar-refractivity contribution in [3.8, 4) is 24.3 Å². The van der Waals surface area contributed by atoms with Gasteiger partial charge in [0.1, 0.15) is 0 Å². The lowest BCUT2D eigenvalue weighted by Gasteiger charge is -2.15. The van der Waals surface area contributed by atoms with Crippen molar-refractivity contribution in [2.75, 3.05) is 0 Å². The second kappa shape index (κ2) is 5.33. The Morgan fingerprint density at radius 2 is 1.64 bits per heavy atom. The Kier molecular flexibility index (Phi) is 3.48.